The first-order valence-electron chi connectivity index (χ1n) is 10.3. The molecular formula is C18H37B2N3. The van der Waals surface area contributed by atoms with Crippen molar-refractivity contribution in [3.8, 4) is 0 Å². The Morgan fingerprint density at radius 3 is 1.61 bits per heavy atom. The van der Waals surface area contributed by atoms with E-state index in [2.05, 4.69) is 30.9 Å². The number of piperidine rings is 3. The van der Waals surface area contributed by atoms with Crippen LogP contribution in [0, 0.1) is 23.7 Å². The Morgan fingerprint density at radius 1 is 0.739 bits per heavy atom. The van der Waals surface area contributed by atoms with E-state index in [0.29, 0.717) is 0 Å². The molecule has 0 saturated carbocycles. The van der Waals surface area contributed by atoms with Gasteiger partial charge in [0, 0.05) is 0 Å². The maximum atomic E-state index is 3.58. The van der Waals surface area contributed by atoms with Gasteiger partial charge in [-0.25, -0.2) is 0 Å². The average molecular weight is 317 g/mol. The molecule has 3 fully saturated rings. The Hall–Kier alpha value is 0.00987. The van der Waals surface area contributed by atoms with Crippen LogP contribution in [0.15, 0.2) is 0 Å². The van der Waals surface area contributed by atoms with Gasteiger partial charge in [0.25, 0.3) is 0 Å². The summed E-state index contributed by atoms with van der Waals surface area (Å²) in [5, 5.41) is 3.58. The Morgan fingerprint density at radius 2 is 1.17 bits per heavy atom. The van der Waals surface area contributed by atoms with Crippen molar-refractivity contribution in [2.45, 2.75) is 51.4 Å². The smallest absolute Gasteiger partial charge is 0.185 e. The van der Waals surface area contributed by atoms with Gasteiger partial charge in [0.15, 0.2) is 16.0 Å². The normalized spacial score (nSPS) is 27.7. The summed E-state index contributed by atoms with van der Waals surface area (Å²) < 4.78 is 0. The van der Waals surface area contributed by atoms with Crippen molar-refractivity contribution < 1.29 is 0 Å². The summed E-state index contributed by atoms with van der Waals surface area (Å²) in [6.07, 6.45) is 11.7. The summed E-state index contributed by atoms with van der Waals surface area (Å²) in [5.41, 5.74) is 0. The Kier molecular flexibility index (Phi) is 6.91. The Balaban J connectivity index is 1.54. The van der Waals surface area contributed by atoms with E-state index in [9.17, 15) is 0 Å². The minimum absolute atomic E-state index is 1.01. The van der Waals surface area contributed by atoms with E-state index < -0.39 is 0 Å². The van der Waals surface area contributed by atoms with Gasteiger partial charge in [-0.05, 0) is 114 Å². The summed E-state index contributed by atoms with van der Waals surface area (Å²) in [7, 11) is 4.58. The number of rotatable bonds is 5. The zero-order valence-electron chi connectivity index (χ0n) is 15.6. The Labute approximate surface area is 145 Å². The van der Waals surface area contributed by atoms with E-state index in [1.807, 2.05) is 0 Å². The van der Waals surface area contributed by atoms with Crippen molar-refractivity contribution in [1.82, 2.24) is 14.9 Å². The predicted molar refractivity (Wildman–Crippen MR) is 104 cm³/mol. The van der Waals surface area contributed by atoms with Gasteiger partial charge in [0.1, 0.15) is 0 Å². The van der Waals surface area contributed by atoms with E-state index in [1.165, 1.54) is 90.6 Å². The van der Waals surface area contributed by atoms with Crippen molar-refractivity contribution in [1.29, 1.82) is 0 Å². The van der Waals surface area contributed by atoms with Gasteiger partial charge in [-0.3, -0.25) is 0 Å². The lowest BCUT2D eigenvalue weighted by Gasteiger charge is -2.39. The van der Waals surface area contributed by atoms with Gasteiger partial charge in [0.05, 0.1) is 0 Å². The highest BCUT2D eigenvalue weighted by Crippen LogP contribution is 2.37. The standard InChI is InChI=1S/C18H37B2N3/c19-22-9-3-15(4-10-22)13-18(17-1-7-21-8-2-17)14-16-5-11-23(20)12-6-16/h15-18,21H,1-14,19-20H2. The molecule has 3 rings (SSSR count). The monoisotopic (exact) mass is 317 g/mol. The number of hydrogen-bond donors (Lipinski definition) is 1. The van der Waals surface area contributed by atoms with Crippen LogP contribution in [0.5, 0.6) is 0 Å². The first kappa shape index (κ1) is 17.8. The van der Waals surface area contributed by atoms with Crippen LogP contribution < -0.4 is 5.32 Å². The fourth-order valence-corrected chi connectivity index (χ4v) is 5.25. The van der Waals surface area contributed by atoms with Crippen LogP contribution in [0.25, 0.3) is 0 Å². The summed E-state index contributed by atoms with van der Waals surface area (Å²) in [4.78, 5) is 5.04. The molecule has 5 heteroatoms. The summed E-state index contributed by atoms with van der Waals surface area (Å²) in [5.74, 6) is 4.05. The third kappa shape index (κ3) is 5.51. The summed E-state index contributed by atoms with van der Waals surface area (Å²) in [6.45, 7) is 7.86. The van der Waals surface area contributed by atoms with Crippen molar-refractivity contribution in [2.24, 2.45) is 23.7 Å². The molecule has 0 unspecified atom stereocenters. The first-order chi connectivity index (χ1) is 11.2. The topological polar surface area (TPSA) is 18.5 Å². The van der Waals surface area contributed by atoms with Gasteiger partial charge in [0.2, 0.25) is 0 Å². The van der Waals surface area contributed by atoms with Gasteiger partial charge in [-0.2, -0.15) is 0 Å². The molecule has 0 aromatic rings. The lowest BCUT2D eigenvalue weighted by atomic mass is 9.72. The summed E-state index contributed by atoms with van der Waals surface area (Å²) in [6, 6.07) is 0. The van der Waals surface area contributed by atoms with Crippen LogP contribution in [0.3, 0.4) is 0 Å². The van der Waals surface area contributed by atoms with Crippen molar-refractivity contribution >= 4 is 16.0 Å². The molecule has 0 aliphatic carbocycles. The zero-order valence-corrected chi connectivity index (χ0v) is 15.6. The summed E-state index contributed by atoms with van der Waals surface area (Å²) >= 11 is 0. The largest absolute Gasteiger partial charge is 0.349 e. The van der Waals surface area contributed by atoms with Crippen LogP contribution in [-0.4, -0.2) is 64.9 Å². The number of hydrogen-bond acceptors (Lipinski definition) is 3. The highest BCUT2D eigenvalue weighted by molar-refractivity contribution is 6.04. The molecule has 3 aliphatic heterocycles. The minimum atomic E-state index is 1.01. The van der Waals surface area contributed by atoms with Crippen molar-refractivity contribution in [3.63, 3.8) is 0 Å². The van der Waals surface area contributed by atoms with Crippen LogP contribution in [0.4, 0.5) is 0 Å². The first-order valence-corrected chi connectivity index (χ1v) is 10.3. The molecule has 3 aliphatic rings. The molecule has 130 valence electrons. The van der Waals surface area contributed by atoms with E-state index in [0.717, 1.165) is 23.7 Å². The van der Waals surface area contributed by atoms with Crippen LogP contribution in [0.2, 0.25) is 0 Å². The molecule has 0 aromatic carbocycles. The quantitative estimate of drug-likeness (QED) is 0.760. The van der Waals surface area contributed by atoms with Crippen LogP contribution in [0.1, 0.15) is 51.4 Å². The highest BCUT2D eigenvalue weighted by Gasteiger charge is 2.30. The maximum absolute atomic E-state index is 3.58. The zero-order chi connectivity index (χ0) is 16.1. The fourth-order valence-electron chi connectivity index (χ4n) is 5.25. The van der Waals surface area contributed by atoms with Crippen LogP contribution >= 0.6 is 0 Å². The lowest BCUT2D eigenvalue weighted by Crippen LogP contribution is -2.37. The van der Waals surface area contributed by atoms with Crippen molar-refractivity contribution in [2.75, 3.05) is 39.3 Å². The molecule has 3 heterocycles. The molecule has 0 atom stereocenters. The van der Waals surface area contributed by atoms with Gasteiger partial charge < -0.3 is 14.9 Å². The average Bonchev–Trinajstić information content (AvgIpc) is 2.59. The van der Waals surface area contributed by atoms with Gasteiger partial charge in [-0.1, -0.05) is 0 Å². The second-order valence-electron chi connectivity index (χ2n) is 8.81. The molecular weight excluding hydrogens is 280 g/mol. The molecule has 3 nitrogen and oxygen atoms in total. The molecule has 3 saturated heterocycles. The third-order valence-corrected chi connectivity index (χ3v) is 7.00. The van der Waals surface area contributed by atoms with E-state index in [1.54, 1.807) is 0 Å². The molecule has 0 amide bonds. The van der Waals surface area contributed by atoms with E-state index in [4.69, 9.17) is 0 Å². The molecule has 23 heavy (non-hydrogen) atoms. The van der Waals surface area contributed by atoms with Gasteiger partial charge in [-0.15, -0.1) is 0 Å². The Bertz CT molecular complexity index is 309. The third-order valence-electron chi connectivity index (χ3n) is 7.00. The second kappa shape index (κ2) is 8.92. The number of nitrogens with zero attached hydrogens (tertiary/aromatic N) is 2. The molecule has 0 bridgehead atoms. The minimum Gasteiger partial charge on any atom is -0.349 e. The molecule has 0 spiro atoms. The molecule has 1 N–H and O–H groups in total. The van der Waals surface area contributed by atoms with Crippen LogP contribution in [-0.2, 0) is 0 Å². The SMILES string of the molecule is BN1CCC(CC(CC2CCN(B)CC2)C2CCNCC2)CC1. The predicted octanol–water partition coefficient (Wildman–Crippen LogP) is 0.903. The van der Waals surface area contributed by atoms with Crippen molar-refractivity contribution in [3.05, 3.63) is 0 Å². The molecule has 0 radical (unpaired) electrons. The van der Waals surface area contributed by atoms with E-state index in [-0.39, 0.29) is 0 Å². The lowest BCUT2D eigenvalue weighted by molar-refractivity contribution is 0.140. The highest BCUT2D eigenvalue weighted by atomic mass is 15.0. The maximum Gasteiger partial charge on any atom is 0.185 e. The fraction of sp³-hybridized carbons (Fsp3) is 1.00. The van der Waals surface area contributed by atoms with E-state index >= 15 is 0 Å². The second-order valence-corrected chi connectivity index (χ2v) is 8.81. The number of nitrogens with one attached hydrogen (secondary N) is 1. The van der Waals surface area contributed by atoms with Gasteiger partial charge >= 0.3 is 0 Å². The molecule has 0 aromatic heterocycles.